The Morgan fingerprint density at radius 2 is 2.12 bits per heavy atom. The predicted molar refractivity (Wildman–Crippen MR) is 65.2 cm³/mol. The van der Waals surface area contributed by atoms with Gasteiger partial charge in [-0.3, -0.25) is 4.99 Å². The number of anilines is 1. The van der Waals surface area contributed by atoms with Crippen LogP contribution >= 0.6 is 0 Å². The number of nitrogens with two attached hydrogens (primary N) is 1. The molecular weight excluding hydrogens is 200 g/mol. The van der Waals surface area contributed by atoms with E-state index in [9.17, 15) is 0 Å². The van der Waals surface area contributed by atoms with Crippen LogP contribution in [0.5, 0.6) is 0 Å². The average molecular weight is 216 g/mol. The highest BCUT2D eigenvalue weighted by Gasteiger charge is 2.29. The zero-order valence-electron chi connectivity index (χ0n) is 9.19. The third kappa shape index (κ3) is 1.50. The molecule has 1 aromatic carbocycles. The molecule has 4 nitrogen and oxygen atoms in total. The summed E-state index contributed by atoms with van der Waals surface area (Å²) < 4.78 is 0. The van der Waals surface area contributed by atoms with Gasteiger partial charge in [0.2, 0.25) is 0 Å². The summed E-state index contributed by atoms with van der Waals surface area (Å²) in [6, 6.07) is 8.67. The highest BCUT2D eigenvalue weighted by Crippen LogP contribution is 2.29. The largest absolute Gasteiger partial charge is 0.399 e. The maximum atomic E-state index is 5.71. The number of guanidine groups is 1. The summed E-state index contributed by atoms with van der Waals surface area (Å²) in [6.07, 6.45) is 1.09. The van der Waals surface area contributed by atoms with Crippen LogP contribution in [-0.4, -0.2) is 30.5 Å². The van der Waals surface area contributed by atoms with Crippen LogP contribution in [0.1, 0.15) is 18.0 Å². The molecule has 1 atom stereocenters. The van der Waals surface area contributed by atoms with Crippen LogP contribution in [0.25, 0.3) is 0 Å². The molecule has 2 heterocycles. The Morgan fingerprint density at radius 3 is 2.94 bits per heavy atom. The summed E-state index contributed by atoms with van der Waals surface area (Å²) in [6.45, 7) is 2.96. The molecule has 3 rings (SSSR count). The van der Waals surface area contributed by atoms with E-state index in [-0.39, 0.29) is 0 Å². The Kier molecular flexibility index (Phi) is 2.20. The third-order valence-corrected chi connectivity index (χ3v) is 3.27. The maximum Gasteiger partial charge on any atom is 0.194 e. The van der Waals surface area contributed by atoms with Crippen LogP contribution < -0.4 is 11.1 Å². The number of fused-ring (bicyclic) bond motifs is 1. The first-order chi connectivity index (χ1) is 7.84. The van der Waals surface area contributed by atoms with Crippen molar-refractivity contribution in [3.8, 4) is 0 Å². The Bertz CT molecular complexity index is 410. The van der Waals surface area contributed by atoms with Crippen LogP contribution in [0.4, 0.5) is 5.69 Å². The fourth-order valence-electron chi connectivity index (χ4n) is 2.46. The first-order valence-electron chi connectivity index (χ1n) is 5.75. The molecule has 0 amide bonds. The quantitative estimate of drug-likeness (QED) is 0.688. The molecule has 0 saturated carbocycles. The molecule has 1 aromatic rings. The van der Waals surface area contributed by atoms with E-state index in [0.29, 0.717) is 6.04 Å². The first kappa shape index (κ1) is 9.51. The van der Waals surface area contributed by atoms with Gasteiger partial charge in [0.05, 0.1) is 6.04 Å². The lowest BCUT2D eigenvalue weighted by Crippen LogP contribution is -2.37. The Balaban J connectivity index is 1.89. The van der Waals surface area contributed by atoms with E-state index in [2.05, 4.69) is 27.3 Å². The number of aliphatic imine (C=N–C) groups is 1. The lowest BCUT2D eigenvalue weighted by molar-refractivity contribution is 0.315. The fraction of sp³-hybridized carbons (Fsp3) is 0.417. The minimum absolute atomic E-state index is 0.461. The van der Waals surface area contributed by atoms with Crippen molar-refractivity contribution in [3.63, 3.8) is 0 Å². The van der Waals surface area contributed by atoms with Gasteiger partial charge in [0.15, 0.2) is 5.96 Å². The Morgan fingerprint density at radius 1 is 1.31 bits per heavy atom. The van der Waals surface area contributed by atoms with Crippen molar-refractivity contribution >= 4 is 11.6 Å². The molecule has 1 fully saturated rings. The van der Waals surface area contributed by atoms with Crippen molar-refractivity contribution in [2.24, 2.45) is 4.99 Å². The van der Waals surface area contributed by atoms with Crippen molar-refractivity contribution in [2.45, 2.75) is 12.5 Å². The Labute approximate surface area is 95.2 Å². The van der Waals surface area contributed by atoms with Gasteiger partial charge in [-0.15, -0.1) is 0 Å². The monoisotopic (exact) mass is 216 g/mol. The Hall–Kier alpha value is -1.71. The summed E-state index contributed by atoms with van der Waals surface area (Å²) in [4.78, 5) is 6.85. The zero-order valence-corrected chi connectivity index (χ0v) is 9.19. The van der Waals surface area contributed by atoms with Crippen molar-refractivity contribution < 1.29 is 0 Å². The molecule has 0 bridgehead atoms. The van der Waals surface area contributed by atoms with E-state index in [0.717, 1.165) is 37.7 Å². The summed E-state index contributed by atoms with van der Waals surface area (Å²) in [5, 5.41) is 3.32. The molecule has 0 radical (unpaired) electrons. The molecule has 1 saturated heterocycles. The second-order valence-electron chi connectivity index (χ2n) is 4.30. The maximum absolute atomic E-state index is 5.71. The molecule has 0 aromatic heterocycles. The molecule has 0 aliphatic carbocycles. The summed E-state index contributed by atoms with van der Waals surface area (Å²) in [5.41, 5.74) is 7.88. The molecule has 2 aliphatic heterocycles. The van der Waals surface area contributed by atoms with Crippen molar-refractivity contribution in [3.05, 3.63) is 29.8 Å². The van der Waals surface area contributed by atoms with Crippen LogP contribution in [0, 0.1) is 0 Å². The van der Waals surface area contributed by atoms with Crippen LogP contribution in [0.15, 0.2) is 29.3 Å². The van der Waals surface area contributed by atoms with Gasteiger partial charge < -0.3 is 16.0 Å². The fourth-order valence-corrected chi connectivity index (χ4v) is 2.46. The van der Waals surface area contributed by atoms with Crippen molar-refractivity contribution in [2.75, 3.05) is 25.4 Å². The van der Waals surface area contributed by atoms with Crippen LogP contribution in [0.3, 0.4) is 0 Å². The number of benzene rings is 1. The summed E-state index contributed by atoms with van der Waals surface area (Å²) in [5.74, 6) is 1.06. The van der Waals surface area contributed by atoms with Gasteiger partial charge in [-0.25, -0.2) is 0 Å². The van der Waals surface area contributed by atoms with Gasteiger partial charge >= 0.3 is 0 Å². The van der Waals surface area contributed by atoms with Gasteiger partial charge in [0, 0.05) is 25.3 Å². The van der Waals surface area contributed by atoms with Gasteiger partial charge in [0.1, 0.15) is 0 Å². The normalized spacial score (nSPS) is 23.6. The number of rotatable bonds is 1. The number of hydrogen-bond donors (Lipinski definition) is 2. The summed E-state index contributed by atoms with van der Waals surface area (Å²) >= 11 is 0. The van der Waals surface area contributed by atoms with E-state index < -0.39 is 0 Å². The van der Waals surface area contributed by atoms with Gasteiger partial charge in [-0.1, -0.05) is 12.1 Å². The first-order valence-corrected chi connectivity index (χ1v) is 5.75. The smallest absolute Gasteiger partial charge is 0.194 e. The second-order valence-corrected chi connectivity index (χ2v) is 4.30. The van der Waals surface area contributed by atoms with E-state index in [1.54, 1.807) is 0 Å². The number of nitrogen functional groups attached to an aromatic ring is 1. The molecule has 0 spiro atoms. The molecule has 84 valence electrons. The second kappa shape index (κ2) is 3.70. The lowest BCUT2D eigenvalue weighted by atomic mass is 10.0. The molecule has 1 unspecified atom stereocenters. The van der Waals surface area contributed by atoms with Crippen LogP contribution in [-0.2, 0) is 0 Å². The van der Waals surface area contributed by atoms with Crippen LogP contribution in [0.2, 0.25) is 0 Å². The van der Waals surface area contributed by atoms with E-state index in [1.807, 2.05) is 12.1 Å². The average Bonchev–Trinajstić information content (AvgIpc) is 2.78. The minimum atomic E-state index is 0.461. The van der Waals surface area contributed by atoms with E-state index in [4.69, 9.17) is 5.73 Å². The van der Waals surface area contributed by atoms with Crippen molar-refractivity contribution in [1.82, 2.24) is 10.2 Å². The molecule has 16 heavy (non-hydrogen) atoms. The highest BCUT2D eigenvalue weighted by molar-refractivity contribution is 5.82. The molecule has 2 aliphatic rings. The lowest BCUT2D eigenvalue weighted by Gasteiger charge is -2.32. The van der Waals surface area contributed by atoms with E-state index in [1.165, 1.54) is 5.56 Å². The van der Waals surface area contributed by atoms with Crippen molar-refractivity contribution in [1.29, 1.82) is 0 Å². The minimum Gasteiger partial charge on any atom is -0.399 e. The number of hydrogen-bond acceptors (Lipinski definition) is 4. The standard InChI is InChI=1S/C12H16N4/c13-10-3-1-9(2-4-10)11-5-6-14-12-15-7-8-16(11)12/h1-4,11H,5-8,13H2,(H,14,15). The summed E-state index contributed by atoms with van der Waals surface area (Å²) in [7, 11) is 0. The molecule has 3 N–H and O–H groups in total. The van der Waals surface area contributed by atoms with Gasteiger partial charge in [-0.05, 0) is 24.1 Å². The molecular formula is C12H16N4. The molecule has 4 heteroatoms. The van der Waals surface area contributed by atoms with Gasteiger partial charge in [-0.2, -0.15) is 0 Å². The zero-order chi connectivity index (χ0) is 11.0. The van der Waals surface area contributed by atoms with Gasteiger partial charge in [0.25, 0.3) is 0 Å². The topological polar surface area (TPSA) is 53.6 Å². The highest BCUT2D eigenvalue weighted by atomic mass is 15.4. The number of nitrogens with one attached hydrogen (secondary N) is 1. The van der Waals surface area contributed by atoms with E-state index >= 15 is 0 Å². The third-order valence-electron chi connectivity index (χ3n) is 3.27. The predicted octanol–water partition coefficient (Wildman–Crippen LogP) is 0.975. The number of nitrogens with zero attached hydrogens (tertiary/aromatic N) is 2. The SMILES string of the molecule is Nc1ccc(C2CCN=C3NCCN32)cc1.